The van der Waals surface area contributed by atoms with Crippen molar-refractivity contribution in [3.8, 4) is 0 Å². The van der Waals surface area contributed by atoms with Crippen LogP contribution in [0.25, 0.3) is 0 Å². The van der Waals surface area contributed by atoms with Crippen molar-refractivity contribution in [3.05, 3.63) is 0 Å². The van der Waals surface area contributed by atoms with Crippen LogP contribution in [0.15, 0.2) is 4.99 Å². The average Bonchev–Trinajstić information content (AvgIpc) is 3.02. The molecule has 1 N–H and O–H groups in total. The third-order valence-electron chi connectivity index (χ3n) is 5.49. The first-order chi connectivity index (χ1) is 10.7. The molecule has 0 aromatic carbocycles. The summed E-state index contributed by atoms with van der Waals surface area (Å²) in [5, 5.41) is 3.97. The van der Waals surface area contributed by atoms with Gasteiger partial charge in [0.2, 0.25) is 0 Å². The Balaban J connectivity index is 1.64. The SMILES string of the molecule is ClC1CCCC(C(CC2CCCCC2Br)NC2=NCCO2)C1. The Morgan fingerprint density at radius 3 is 2.82 bits per heavy atom. The van der Waals surface area contributed by atoms with Gasteiger partial charge in [-0.3, -0.25) is 0 Å². The number of amidine groups is 1. The maximum absolute atomic E-state index is 6.44. The van der Waals surface area contributed by atoms with Crippen molar-refractivity contribution in [1.82, 2.24) is 5.32 Å². The first-order valence-electron chi connectivity index (χ1n) is 8.94. The second-order valence-corrected chi connectivity index (χ2v) is 8.90. The lowest BCUT2D eigenvalue weighted by atomic mass is 9.77. The van der Waals surface area contributed by atoms with Crippen molar-refractivity contribution < 1.29 is 4.74 Å². The molecular weight excluding hydrogens is 364 g/mol. The van der Waals surface area contributed by atoms with Crippen LogP contribution in [-0.2, 0) is 4.74 Å². The Labute approximate surface area is 147 Å². The molecule has 1 aliphatic heterocycles. The molecule has 3 rings (SSSR count). The molecule has 0 bridgehead atoms. The van der Waals surface area contributed by atoms with Crippen LogP contribution in [0.4, 0.5) is 0 Å². The van der Waals surface area contributed by atoms with E-state index in [1.807, 2.05) is 0 Å². The van der Waals surface area contributed by atoms with Crippen molar-refractivity contribution in [2.45, 2.75) is 74.0 Å². The molecule has 1 heterocycles. The molecule has 0 spiro atoms. The van der Waals surface area contributed by atoms with E-state index in [0.29, 0.717) is 22.2 Å². The highest BCUT2D eigenvalue weighted by Gasteiger charge is 2.33. The van der Waals surface area contributed by atoms with Gasteiger partial charge in [-0.25, -0.2) is 4.99 Å². The Morgan fingerprint density at radius 1 is 1.23 bits per heavy atom. The van der Waals surface area contributed by atoms with Gasteiger partial charge in [0, 0.05) is 16.2 Å². The number of hydrogen-bond donors (Lipinski definition) is 1. The van der Waals surface area contributed by atoms with Crippen LogP contribution < -0.4 is 5.32 Å². The molecule has 0 amide bonds. The van der Waals surface area contributed by atoms with Gasteiger partial charge in [0.25, 0.3) is 6.02 Å². The molecule has 3 nitrogen and oxygen atoms in total. The molecule has 2 fully saturated rings. The number of aliphatic imine (C=N–C) groups is 1. The van der Waals surface area contributed by atoms with Crippen molar-refractivity contribution in [2.24, 2.45) is 16.8 Å². The Hall–Kier alpha value is 0.0400. The second-order valence-electron chi connectivity index (χ2n) is 7.11. The van der Waals surface area contributed by atoms with Crippen LogP contribution in [-0.4, -0.2) is 35.4 Å². The highest BCUT2D eigenvalue weighted by atomic mass is 79.9. The fourth-order valence-electron chi connectivity index (χ4n) is 4.24. The van der Waals surface area contributed by atoms with Crippen molar-refractivity contribution in [1.29, 1.82) is 0 Å². The van der Waals surface area contributed by atoms with E-state index in [1.54, 1.807) is 0 Å². The summed E-state index contributed by atoms with van der Waals surface area (Å²) in [6.07, 6.45) is 11.5. The molecule has 0 saturated heterocycles. The van der Waals surface area contributed by atoms with Crippen molar-refractivity contribution in [3.63, 3.8) is 0 Å². The van der Waals surface area contributed by atoms with Crippen LogP contribution in [0.3, 0.4) is 0 Å². The number of rotatable bonds is 4. The molecule has 5 unspecified atom stereocenters. The third kappa shape index (κ3) is 4.53. The monoisotopic (exact) mass is 390 g/mol. The largest absolute Gasteiger partial charge is 0.463 e. The van der Waals surface area contributed by atoms with Gasteiger partial charge in [0.15, 0.2) is 0 Å². The summed E-state index contributed by atoms with van der Waals surface area (Å²) in [4.78, 5) is 5.11. The van der Waals surface area contributed by atoms with Gasteiger partial charge in [-0.05, 0) is 50.4 Å². The molecule has 3 aliphatic rings. The molecule has 0 aromatic rings. The first kappa shape index (κ1) is 16.9. The minimum Gasteiger partial charge on any atom is -0.463 e. The van der Waals surface area contributed by atoms with Gasteiger partial charge in [-0.1, -0.05) is 35.2 Å². The van der Waals surface area contributed by atoms with E-state index < -0.39 is 0 Å². The van der Waals surface area contributed by atoms with E-state index >= 15 is 0 Å². The van der Waals surface area contributed by atoms with Crippen LogP contribution in [0.5, 0.6) is 0 Å². The van der Waals surface area contributed by atoms with Crippen molar-refractivity contribution in [2.75, 3.05) is 13.2 Å². The third-order valence-corrected chi connectivity index (χ3v) is 7.09. The van der Waals surface area contributed by atoms with Gasteiger partial charge in [-0.15, -0.1) is 11.6 Å². The number of nitrogens with zero attached hydrogens (tertiary/aromatic N) is 1. The van der Waals surface area contributed by atoms with E-state index in [2.05, 4.69) is 26.2 Å². The smallest absolute Gasteiger partial charge is 0.285 e. The molecule has 0 radical (unpaired) electrons. The molecule has 0 aromatic heterocycles. The Morgan fingerprint density at radius 2 is 2.09 bits per heavy atom. The summed E-state index contributed by atoms with van der Waals surface area (Å²) >= 11 is 10.4. The number of hydrogen-bond acceptors (Lipinski definition) is 3. The zero-order valence-corrected chi connectivity index (χ0v) is 15.6. The zero-order chi connectivity index (χ0) is 15.4. The van der Waals surface area contributed by atoms with Crippen LogP contribution in [0.2, 0.25) is 0 Å². The lowest BCUT2D eigenvalue weighted by Crippen LogP contribution is -2.44. The number of nitrogens with one attached hydrogen (secondary N) is 1. The predicted octanol–water partition coefficient (Wildman–Crippen LogP) is 4.47. The maximum Gasteiger partial charge on any atom is 0.285 e. The molecule has 5 atom stereocenters. The van der Waals surface area contributed by atoms with Gasteiger partial charge in [0.05, 0.1) is 6.54 Å². The average molecular weight is 392 g/mol. The molecule has 22 heavy (non-hydrogen) atoms. The summed E-state index contributed by atoms with van der Waals surface area (Å²) in [6, 6.07) is 1.23. The standard InChI is InChI=1S/C17H28BrClN2O/c18-15-7-2-1-4-12(15)11-16(21-17-20-8-9-22-17)13-5-3-6-14(19)10-13/h12-16H,1-11H2,(H,20,21). The second kappa shape index (κ2) is 8.23. The molecule has 126 valence electrons. The van der Waals surface area contributed by atoms with Crippen LogP contribution in [0, 0.1) is 11.8 Å². The van der Waals surface area contributed by atoms with E-state index in [1.165, 1.54) is 51.4 Å². The minimum absolute atomic E-state index is 0.348. The normalized spacial score (nSPS) is 37.3. The Kier molecular flexibility index (Phi) is 6.32. The van der Waals surface area contributed by atoms with Gasteiger partial charge in [-0.2, -0.15) is 0 Å². The minimum atomic E-state index is 0.348. The lowest BCUT2D eigenvalue weighted by Gasteiger charge is -2.37. The molecule has 5 heteroatoms. The van der Waals surface area contributed by atoms with Gasteiger partial charge < -0.3 is 10.1 Å². The lowest BCUT2D eigenvalue weighted by molar-refractivity contribution is 0.222. The topological polar surface area (TPSA) is 33.6 Å². The fraction of sp³-hybridized carbons (Fsp3) is 0.941. The predicted molar refractivity (Wildman–Crippen MR) is 96.1 cm³/mol. The van der Waals surface area contributed by atoms with Crippen molar-refractivity contribution >= 4 is 33.6 Å². The van der Waals surface area contributed by atoms with Gasteiger partial charge >= 0.3 is 0 Å². The summed E-state index contributed by atoms with van der Waals surface area (Å²) in [7, 11) is 0. The van der Waals surface area contributed by atoms with E-state index in [4.69, 9.17) is 16.3 Å². The number of halogens is 2. The van der Waals surface area contributed by atoms with E-state index in [9.17, 15) is 0 Å². The summed E-state index contributed by atoms with van der Waals surface area (Å²) in [5.41, 5.74) is 0. The Bertz CT molecular complexity index is 393. The highest BCUT2D eigenvalue weighted by molar-refractivity contribution is 9.09. The van der Waals surface area contributed by atoms with Crippen LogP contribution >= 0.6 is 27.5 Å². The summed E-state index contributed by atoms with van der Waals surface area (Å²) < 4.78 is 5.61. The highest BCUT2D eigenvalue weighted by Crippen LogP contribution is 2.37. The zero-order valence-electron chi connectivity index (χ0n) is 13.3. The molecular formula is C17H28BrClN2O. The van der Waals surface area contributed by atoms with E-state index in [0.717, 1.165) is 31.5 Å². The molecule has 2 aliphatic carbocycles. The molecule has 2 saturated carbocycles. The van der Waals surface area contributed by atoms with Gasteiger partial charge in [0.1, 0.15) is 6.61 Å². The number of ether oxygens (including phenoxy) is 1. The maximum atomic E-state index is 6.44. The fourth-order valence-corrected chi connectivity index (χ4v) is 5.42. The summed E-state index contributed by atoms with van der Waals surface area (Å²) in [6.45, 7) is 1.52. The quantitative estimate of drug-likeness (QED) is 0.717. The van der Waals surface area contributed by atoms with E-state index in [-0.39, 0.29) is 0 Å². The first-order valence-corrected chi connectivity index (χ1v) is 10.3. The summed E-state index contributed by atoms with van der Waals surface area (Å²) in [5.74, 6) is 1.42. The van der Waals surface area contributed by atoms with Crippen LogP contribution in [0.1, 0.15) is 57.8 Å². The number of alkyl halides is 2.